The highest BCUT2D eigenvalue weighted by Gasteiger charge is 2.10. The van der Waals surface area contributed by atoms with Gasteiger partial charge < -0.3 is 9.64 Å². The van der Waals surface area contributed by atoms with Crippen molar-refractivity contribution in [1.82, 2.24) is 0 Å². The molecule has 0 heterocycles. The summed E-state index contributed by atoms with van der Waals surface area (Å²) in [5.41, 5.74) is 2.10. The van der Waals surface area contributed by atoms with Gasteiger partial charge in [-0.15, -0.1) is 11.6 Å². The normalized spacial score (nSPS) is 10.3. The van der Waals surface area contributed by atoms with Crippen LogP contribution in [0.5, 0.6) is 5.75 Å². The second kappa shape index (κ2) is 6.21. The molecule has 2 nitrogen and oxygen atoms in total. The summed E-state index contributed by atoms with van der Waals surface area (Å²) in [4.78, 5) is 2.13. The summed E-state index contributed by atoms with van der Waals surface area (Å²) in [7, 11) is 3.68. The average molecular weight is 262 g/mol. The number of methoxy groups -OCH3 is 1. The Labute approximate surface area is 107 Å². The molecule has 0 spiro atoms. The van der Waals surface area contributed by atoms with Crippen molar-refractivity contribution in [3.63, 3.8) is 0 Å². The van der Waals surface area contributed by atoms with Crippen LogP contribution in [-0.2, 0) is 0 Å². The van der Waals surface area contributed by atoms with Crippen LogP contribution in [0, 0.1) is 6.92 Å². The predicted octanol–water partition coefficient (Wildman–Crippen LogP) is 3.72. The number of alkyl halides is 1. The molecule has 90 valence electrons. The molecule has 0 saturated heterocycles. The fourth-order valence-corrected chi connectivity index (χ4v) is 1.80. The molecule has 16 heavy (non-hydrogen) atoms. The lowest BCUT2D eigenvalue weighted by Crippen LogP contribution is -2.19. The van der Waals surface area contributed by atoms with Crippen LogP contribution in [0.15, 0.2) is 12.1 Å². The summed E-state index contributed by atoms with van der Waals surface area (Å²) in [6.07, 6.45) is 0.947. The number of ether oxygens (including phenoxy) is 1. The minimum absolute atomic E-state index is 0.666. The zero-order chi connectivity index (χ0) is 12.1. The molecule has 0 bridgehead atoms. The summed E-state index contributed by atoms with van der Waals surface area (Å²) in [5.74, 6) is 1.46. The van der Waals surface area contributed by atoms with Crippen LogP contribution in [-0.4, -0.2) is 26.6 Å². The maximum Gasteiger partial charge on any atom is 0.143 e. The van der Waals surface area contributed by atoms with Crippen molar-refractivity contribution < 1.29 is 4.74 Å². The van der Waals surface area contributed by atoms with Crippen molar-refractivity contribution in [2.75, 3.05) is 31.5 Å². The van der Waals surface area contributed by atoms with Crippen molar-refractivity contribution in [2.24, 2.45) is 0 Å². The van der Waals surface area contributed by atoms with Gasteiger partial charge in [-0.05, 0) is 25.0 Å². The third-order valence-electron chi connectivity index (χ3n) is 2.50. The molecule has 1 rings (SSSR count). The van der Waals surface area contributed by atoms with Gasteiger partial charge in [0.15, 0.2) is 0 Å². The lowest BCUT2D eigenvalue weighted by atomic mass is 10.2. The Hall–Kier alpha value is -0.600. The molecule has 0 aliphatic heterocycles. The van der Waals surface area contributed by atoms with Crippen LogP contribution >= 0.6 is 23.2 Å². The molecule has 0 aliphatic carbocycles. The molecule has 1 aromatic rings. The maximum absolute atomic E-state index is 6.05. The molecule has 0 aromatic heterocycles. The third kappa shape index (κ3) is 3.19. The maximum atomic E-state index is 6.05. The number of benzene rings is 1. The van der Waals surface area contributed by atoms with Gasteiger partial charge in [-0.3, -0.25) is 0 Å². The zero-order valence-electron chi connectivity index (χ0n) is 9.89. The van der Waals surface area contributed by atoms with Crippen LogP contribution < -0.4 is 9.64 Å². The van der Waals surface area contributed by atoms with Crippen molar-refractivity contribution in [3.05, 3.63) is 22.7 Å². The molecule has 0 fully saturated rings. The van der Waals surface area contributed by atoms with Gasteiger partial charge in [-0.2, -0.15) is 0 Å². The molecule has 1 aromatic carbocycles. The van der Waals surface area contributed by atoms with E-state index in [1.807, 2.05) is 26.1 Å². The average Bonchev–Trinajstić information content (AvgIpc) is 2.28. The van der Waals surface area contributed by atoms with E-state index in [-0.39, 0.29) is 0 Å². The Bertz CT molecular complexity index is 355. The topological polar surface area (TPSA) is 12.5 Å². The summed E-state index contributed by atoms with van der Waals surface area (Å²) >= 11 is 11.7. The standard InChI is InChI=1S/C12H17Cl2NO/c1-9-7-11(15(2)6-4-5-13)12(16-3)8-10(9)14/h7-8H,4-6H2,1-3H3. The van der Waals surface area contributed by atoms with Crippen LogP contribution in [0.1, 0.15) is 12.0 Å². The number of rotatable bonds is 5. The smallest absolute Gasteiger partial charge is 0.143 e. The van der Waals surface area contributed by atoms with Gasteiger partial charge in [0.25, 0.3) is 0 Å². The fourth-order valence-electron chi connectivity index (χ4n) is 1.53. The lowest BCUT2D eigenvalue weighted by Gasteiger charge is -2.22. The highest BCUT2D eigenvalue weighted by molar-refractivity contribution is 6.31. The van der Waals surface area contributed by atoms with E-state index in [0.29, 0.717) is 5.88 Å². The van der Waals surface area contributed by atoms with Crippen molar-refractivity contribution in [2.45, 2.75) is 13.3 Å². The Kier molecular flexibility index (Phi) is 5.23. The molecule has 0 unspecified atom stereocenters. The first-order chi connectivity index (χ1) is 7.60. The van der Waals surface area contributed by atoms with Crippen molar-refractivity contribution >= 4 is 28.9 Å². The van der Waals surface area contributed by atoms with E-state index in [0.717, 1.165) is 35.0 Å². The third-order valence-corrected chi connectivity index (χ3v) is 3.17. The van der Waals surface area contributed by atoms with E-state index in [4.69, 9.17) is 27.9 Å². The van der Waals surface area contributed by atoms with E-state index >= 15 is 0 Å². The molecule has 0 saturated carbocycles. The van der Waals surface area contributed by atoms with Crippen LogP contribution in [0.4, 0.5) is 5.69 Å². The molecule has 0 amide bonds. The van der Waals surface area contributed by atoms with Crippen molar-refractivity contribution in [3.8, 4) is 5.75 Å². The number of hydrogen-bond acceptors (Lipinski definition) is 2. The second-order valence-electron chi connectivity index (χ2n) is 3.74. The molecule has 0 atom stereocenters. The molecular formula is C12H17Cl2NO. The SMILES string of the molecule is COc1cc(Cl)c(C)cc1N(C)CCCCl. The van der Waals surface area contributed by atoms with Gasteiger partial charge in [-0.1, -0.05) is 11.6 Å². The molecule has 0 N–H and O–H groups in total. The van der Waals surface area contributed by atoms with E-state index in [1.54, 1.807) is 7.11 Å². The first kappa shape index (κ1) is 13.5. The highest BCUT2D eigenvalue weighted by Crippen LogP contribution is 2.33. The second-order valence-corrected chi connectivity index (χ2v) is 4.52. The van der Waals surface area contributed by atoms with Gasteiger partial charge in [0.05, 0.1) is 12.8 Å². The lowest BCUT2D eigenvalue weighted by molar-refractivity contribution is 0.415. The summed E-state index contributed by atoms with van der Waals surface area (Å²) in [5, 5.41) is 0.728. The zero-order valence-corrected chi connectivity index (χ0v) is 11.4. The number of aryl methyl sites for hydroxylation is 1. The molecule has 0 aliphatic rings. The van der Waals surface area contributed by atoms with Crippen molar-refractivity contribution in [1.29, 1.82) is 0 Å². The largest absolute Gasteiger partial charge is 0.495 e. The fraction of sp³-hybridized carbons (Fsp3) is 0.500. The van der Waals surface area contributed by atoms with Crippen LogP contribution in [0.2, 0.25) is 5.02 Å². The molecule has 0 radical (unpaired) electrons. The van der Waals surface area contributed by atoms with Gasteiger partial charge >= 0.3 is 0 Å². The minimum atomic E-state index is 0.666. The van der Waals surface area contributed by atoms with Gasteiger partial charge in [-0.25, -0.2) is 0 Å². The quantitative estimate of drug-likeness (QED) is 0.750. The Morgan fingerprint density at radius 1 is 1.38 bits per heavy atom. The van der Waals surface area contributed by atoms with E-state index in [9.17, 15) is 0 Å². The monoisotopic (exact) mass is 261 g/mol. The van der Waals surface area contributed by atoms with Gasteiger partial charge in [0.2, 0.25) is 0 Å². The molecule has 4 heteroatoms. The molecular weight excluding hydrogens is 245 g/mol. The number of halogens is 2. The number of anilines is 1. The number of nitrogens with zero attached hydrogens (tertiary/aromatic N) is 1. The summed E-state index contributed by atoms with van der Waals surface area (Å²) in [6.45, 7) is 2.89. The van der Waals surface area contributed by atoms with E-state index < -0.39 is 0 Å². The summed E-state index contributed by atoms with van der Waals surface area (Å²) in [6, 6.07) is 3.89. The van der Waals surface area contributed by atoms with E-state index in [1.165, 1.54) is 0 Å². The van der Waals surface area contributed by atoms with Crippen LogP contribution in [0.3, 0.4) is 0 Å². The Morgan fingerprint density at radius 3 is 2.62 bits per heavy atom. The van der Waals surface area contributed by atoms with Gasteiger partial charge in [0.1, 0.15) is 5.75 Å². The predicted molar refractivity (Wildman–Crippen MR) is 71.3 cm³/mol. The first-order valence-corrected chi connectivity index (χ1v) is 6.12. The Morgan fingerprint density at radius 2 is 2.06 bits per heavy atom. The van der Waals surface area contributed by atoms with Gasteiger partial charge in [0, 0.05) is 30.6 Å². The van der Waals surface area contributed by atoms with Crippen LogP contribution in [0.25, 0.3) is 0 Å². The van der Waals surface area contributed by atoms with E-state index in [2.05, 4.69) is 4.90 Å². The Balaban J connectivity index is 2.96. The number of hydrogen-bond donors (Lipinski definition) is 0. The first-order valence-electron chi connectivity index (χ1n) is 5.21. The minimum Gasteiger partial charge on any atom is -0.495 e. The summed E-state index contributed by atoms with van der Waals surface area (Å²) < 4.78 is 5.32. The highest BCUT2D eigenvalue weighted by atomic mass is 35.5.